The molecule has 0 aliphatic heterocycles. The summed E-state index contributed by atoms with van der Waals surface area (Å²) in [6, 6.07) is 17.2. The molecule has 33 heavy (non-hydrogen) atoms. The van der Waals surface area contributed by atoms with Crippen molar-refractivity contribution in [1.29, 1.82) is 0 Å². The van der Waals surface area contributed by atoms with Crippen LogP contribution >= 0.6 is 0 Å². The van der Waals surface area contributed by atoms with Crippen LogP contribution in [0.3, 0.4) is 0 Å². The fourth-order valence-electron chi connectivity index (χ4n) is 4.05. The van der Waals surface area contributed by atoms with Gasteiger partial charge in [-0.3, -0.25) is 4.79 Å². The average Bonchev–Trinajstić information content (AvgIpc) is 3.40. The molecule has 1 amide bonds. The molecule has 2 aromatic heterocycles. The van der Waals surface area contributed by atoms with Crippen LogP contribution in [0.4, 0.5) is 14.5 Å². The number of aryl methyl sites for hydroxylation is 2. The Morgan fingerprint density at radius 3 is 2.67 bits per heavy atom. The van der Waals surface area contributed by atoms with Crippen molar-refractivity contribution >= 4 is 33.4 Å². The molecule has 0 atom stereocenters. The standard InChI is InChI=1S/C25H20F2N4O2/c1-2-31-21-6-4-3-5-17(21)19-14-16(8-10-22(19)31)28-23(32)11-12-24-29-25(30-33-24)18-9-7-15(26)13-20(18)27/h3-10,13-14H,2,11-12H2,1H3,(H,28,32)/i26-1. The van der Waals surface area contributed by atoms with Crippen molar-refractivity contribution in [1.82, 2.24) is 14.7 Å². The van der Waals surface area contributed by atoms with E-state index in [2.05, 4.69) is 39.1 Å². The van der Waals surface area contributed by atoms with Gasteiger partial charge in [0.25, 0.3) is 0 Å². The van der Waals surface area contributed by atoms with Crippen LogP contribution in [0.25, 0.3) is 33.2 Å². The van der Waals surface area contributed by atoms with Crippen LogP contribution in [0.15, 0.2) is 65.2 Å². The van der Waals surface area contributed by atoms with Crippen LogP contribution in [0.1, 0.15) is 19.2 Å². The van der Waals surface area contributed by atoms with E-state index in [1.165, 1.54) is 6.07 Å². The molecule has 0 unspecified atom stereocenters. The second-order valence-corrected chi connectivity index (χ2v) is 7.68. The quantitative estimate of drug-likeness (QED) is 0.363. The predicted octanol–water partition coefficient (Wildman–Crippen LogP) is 5.71. The molecule has 0 saturated heterocycles. The lowest BCUT2D eigenvalue weighted by Crippen LogP contribution is -2.12. The lowest BCUT2D eigenvalue weighted by atomic mass is 10.1. The fourth-order valence-corrected chi connectivity index (χ4v) is 4.05. The Balaban J connectivity index is 1.29. The highest BCUT2D eigenvalue weighted by Crippen LogP contribution is 2.31. The first kappa shape index (κ1) is 20.8. The molecule has 5 rings (SSSR count). The first-order chi connectivity index (χ1) is 16.0. The van der Waals surface area contributed by atoms with E-state index in [-0.39, 0.29) is 36.0 Å². The van der Waals surface area contributed by atoms with Crippen molar-refractivity contribution in [2.75, 3.05) is 5.32 Å². The monoisotopic (exact) mass is 445 g/mol. The zero-order valence-corrected chi connectivity index (χ0v) is 17.8. The number of hydrogen-bond acceptors (Lipinski definition) is 4. The lowest BCUT2D eigenvalue weighted by molar-refractivity contribution is -0.116. The van der Waals surface area contributed by atoms with Crippen molar-refractivity contribution in [3.8, 4) is 11.4 Å². The minimum Gasteiger partial charge on any atom is -0.341 e. The summed E-state index contributed by atoms with van der Waals surface area (Å²) in [4.78, 5) is 16.6. The molecule has 0 bridgehead atoms. The molecule has 3 aromatic carbocycles. The molecule has 0 aliphatic rings. The number of carbonyl (C=O) groups excluding carboxylic acids is 1. The minimum atomic E-state index is -0.778. The van der Waals surface area contributed by atoms with Gasteiger partial charge in [-0.05, 0) is 43.3 Å². The first-order valence-corrected chi connectivity index (χ1v) is 10.6. The molecule has 0 radical (unpaired) electrons. The van der Waals surface area contributed by atoms with E-state index < -0.39 is 11.6 Å². The third-order valence-corrected chi connectivity index (χ3v) is 5.58. The van der Waals surface area contributed by atoms with Gasteiger partial charge in [0.05, 0.1) is 5.56 Å². The van der Waals surface area contributed by atoms with Gasteiger partial charge in [0.15, 0.2) is 0 Å². The highest BCUT2D eigenvalue weighted by molar-refractivity contribution is 6.09. The van der Waals surface area contributed by atoms with E-state index in [0.29, 0.717) is 5.69 Å². The maximum Gasteiger partial charge on any atom is 0.227 e. The second-order valence-electron chi connectivity index (χ2n) is 7.68. The zero-order chi connectivity index (χ0) is 22.9. The Hall–Kier alpha value is -4.07. The summed E-state index contributed by atoms with van der Waals surface area (Å²) in [5.74, 6) is -1.46. The molecule has 5 aromatic rings. The summed E-state index contributed by atoms with van der Waals surface area (Å²) in [5, 5.41) is 8.85. The highest BCUT2D eigenvalue weighted by atomic mass is 19.1. The molecule has 0 saturated carbocycles. The maximum atomic E-state index is 13.9. The molecule has 6 nitrogen and oxygen atoms in total. The Labute approximate surface area is 187 Å². The third kappa shape index (κ3) is 3.95. The molecular weight excluding hydrogens is 425 g/mol. The second kappa shape index (κ2) is 8.46. The van der Waals surface area contributed by atoms with Crippen molar-refractivity contribution in [2.45, 2.75) is 26.3 Å². The summed E-state index contributed by atoms with van der Waals surface area (Å²) in [6.45, 7) is 2.96. The number of nitrogens with one attached hydrogen (secondary N) is 1. The van der Waals surface area contributed by atoms with Crippen LogP contribution in [0.2, 0.25) is 0 Å². The summed E-state index contributed by atoms with van der Waals surface area (Å²) >= 11 is 0. The molecule has 1 N–H and O–H groups in total. The van der Waals surface area contributed by atoms with E-state index in [0.717, 1.165) is 40.5 Å². The topological polar surface area (TPSA) is 73.0 Å². The summed E-state index contributed by atoms with van der Waals surface area (Å²) < 4.78 is 34.4. The third-order valence-electron chi connectivity index (χ3n) is 5.58. The van der Waals surface area contributed by atoms with Crippen LogP contribution in [-0.4, -0.2) is 20.6 Å². The van der Waals surface area contributed by atoms with Gasteiger partial charge in [-0.15, -0.1) is 0 Å². The summed E-state index contributed by atoms with van der Waals surface area (Å²) in [7, 11) is 0. The number of fused-ring (bicyclic) bond motifs is 3. The molecule has 0 aliphatic carbocycles. The van der Waals surface area contributed by atoms with Crippen LogP contribution in [0.5, 0.6) is 0 Å². The Bertz CT molecular complexity index is 1490. The number of hydrogen-bond donors (Lipinski definition) is 1. The van der Waals surface area contributed by atoms with Crippen molar-refractivity contribution in [3.63, 3.8) is 0 Å². The lowest BCUT2D eigenvalue weighted by Gasteiger charge is -2.06. The first-order valence-electron chi connectivity index (χ1n) is 10.6. The molecule has 0 fully saturated rings. The van der Waals surface area contributed by atoms with Gasteiger partial charge in [-0.1, -0.05) is 23.4 Å². The van der Waals surface area contributed by atoms with Crippen LogP contribution < -0.4 is 5.32 Å². The van der Waals surface area contributed by atoms with E-state index in [1.54, 1.807) is 0 Å². The van der Waals surface area contributed by atoms with Gasteiger partial charge in [0.1, 0.15) is 11.6 Å². The predicted molar refractivity (Wildman–Crippen MR) is 122 cm³/mol. The van der Waals surface area contributed by atoms with Crippen molar-refractivity contribution in [3.05, 3.63) is 78.2 Å². The largest absolute Gasteiger partial charge is 0.341 e. The smallest absolute Gasteiger partial charge is 0.227 e. The number of para-hydroxylation sites is 1. The van der Waals surface area contributed by atoms with E-state index in [4.69, 9.17) is 4.52 Å². The molecule has 8 heteroatoms. The molecule has 2 heterocycles. The summed E-state index contributed by atoms with van der Waals surface area (Å²) in [6.07, 6.45) is 0.307. The van der Waals surface area contributed by atoms with Crippen molar-refractivity contribution < 1.29 is 18.1 Å². The average molecular weight is 445 g/mol. The number of halogens is 2. The Kier molecular flexibility index (Phi) is 5.34. The van der Waals surface area contributed by atoms with Crippen LogP contribution in [0, 0.1) is 11.6 Å². The van der Waals surface area contributed by atoms with E-state index in [9.17, 15) is 13.6 Å². The maximum absolute atomic E-state index is 13.9. The molecular formula is C25H20F2N4O2. The van der Waals surface area contributed by atoms with Crippen LogP contribution in [-0.2, 0) is 17.8 Å². The van der Waals surface area contributed by atoms with E-state index >= 15 is 0 Å². The van der Waals surface area contributed by atoms with Gasteiger partial charge in [0, 0.05) is 52.9 Å². The zero-order valence-electron chi connectivity index (χ0n) is 17.8. The number of aromatic nitrogens is 3. The SMILES string of the molecule is CCn1c2ccccc2c2cc(NC(=O)CCc3nc(-c4ccc([18F])cc4F)no3)ccc21. The van der Waals surface area contributed by atoms with Gasteiger partial charge in [-0.2, -0.15) is 4.98 Å². The van der Waals surface area contributed by atoms with Gasteiger partial charge in [0.2, 0.25) is 17.6 Å². The van der Waals surface area contributed by atoms with Gasteiger partial charge in [-0.25, -0.2) is 8.78 Å². The number of anilines is 1. The number of rotatable bonds is 6. The Morgan fingerprint density at radius 2 is 1.85 bits per heavy atom. The number of nitrogens with zero attached hydrogens (tertiary/aromatic N) is 3. The normalized spacial score (nSPS) is 11.4. The van der Waals surface area contributed by atoms with E-state index in [1.807, 2.05) is 30.3 Å². The number of benzene rings is 3. The van der Waals surface area contributed by atoms with Crippen molar-refractivity contribution in [2.24, 2.45) is 0 Å². The minimum absolute atomic E-state index is 0.0145. The number of carbonyl (C=O) groups is 1. The summed E-state index contributed by atoms with van der Waals surface area (Å²) in [5.41, 5.74) is 3.01. The Morgan fingerprint density at radius 1 is 1.03 bits per heavy atom. The van der Waals surface area contributed by atoms with Gasteiger partial charge >= 0.3 is 0 Å². The fraction of sp³-hybridized carbons (Fsp3) is 0.160. The highest BCUT2D eigenvalue weighted by Gasteiger charge is 2.15. The van der Waals surface area contributed by atoms with Gasteiger partial charge < -0.3 is 14.4 Å². The molecule has 0 spiro atoms. The number of amides is 1. The molecule has 166 valence electrons.